The van der Waals surface area contributed by atoms with Crippen molar-refractivity contribution in [3.05, 3.63) is 30.3 Å². The van der Waals surface area contributed by atoms with Gasteiger partial charge in [0.25, 0.3) is 0 Å². The van der Waals surface area contributed by atoms with E-state index in [9.17, 15) is 0 Å². The highest BCUT2D eigenvalue weighted by Gasteiger charge is 2.48. The Kier molecular flexibility index (Phi) is 5.07. The summed E-state index contributed by atoms with van der Waals surface area (Å²) >= 11 is 11.4. The molecule has 4 rings (SSSR count). The first-order chi connectivity index (χ1) is 12.6. The predicted molar refractivity (Wildman–Crippen MR) is 116 cm³/mol. The Morgan fingerprint density at radius 3 is 2.23 bits per heavy atom. The second-order valence-electron chi connectivity index (χ2n) is 6.85. The van der Waals surface area contributed by atoms with Crippen molar-refractivity contribution in [2.24, 2.45) is 5.92 Å². The van der Waals surface area contributed by atoms with Crippen LogP contribution in [0.5, 0.6) is 5.75 Å². The third kappa shape index (κ3) is 3.08. The van der Waals surface area contributed by atoms with Crippen LogP contribution in [0.1, 0.15) is 19.3 Å². The molecule has 0 bridgehead atoms. The van der Waals surface area contributed by atoms with E-state index in [0.29, 0.717) is 5.92 Å². The highest BCUT2D eigenvalue weighted by molar-refractivity contribution is 8.14. The maximum Gasteiger partial charge on any atom is 0.188 e. The monoisotopic (exact) mass is 408 g/mol. The molecule has 0 saturated carbocycles. The zero-order chi connectivity index (χ0) is 18.3. The lowest BCUT2D eigenvalue weighted by Crippen LogP contribution is -2.55. The number of nitrogens with zero attached hydrogens (tertiary/aromatic N) is 4. The first-order valence-electron chi connectivity index (χ1n) is 8.97. The van der Waals surface area contributed by atoms with E-state index in [2.05, 4.69) is 32.5 Å². The zero-order valence-electron chi connectivity index (χ0n) is 15.1. The molecule has 26 heavy (non-hydrogen) atoms. The van der Waals surface area contributed by atoms with E-state index in [0.717, 1.165) is 48.5 Å². The summed E-state index contributed by atoms with van der Waals surface area (Å²) in [7, 11) is 4.02. The number of unbranched alkanes of at least 4 members (excludes halogenated alkanes) is 1. The van der Waals surface area contributed by atoms with Gasteiger partial charge in [0.15, 0.2) is 15.3 Å². The van der Waals surface area contributed by atoms with Crippen LogP contribution in [0.15, 0.2) is 30.3 Å². The first-order valence-corrected chi connectivity index (χ1v) is 10.9. The maximum absolute atomic E-state index is 5.80. The van der Waals surface area contributed by atoms with Crippen molar-refractivity contribution >= 4 is 50.6 Å². The van der Waals surface area contributed by atoms with E-state index in [4.69, 9.17) is 29.2 Å². The summed E-state index contributed by atoms with van der Waals surface area (Å²) in [5, 5.41) is 3.15. The largest absolute Gasteiger partial charge is 0.494 e. The quantitative estimate of drug-likeness (QED) is 0.526. The molecule has 3 aliphatic heterocycles. The zero-order valence-corrected chi connectivity index (χ0v) is 17.6. The first kappa shape index (κ1) is 18.0. The Hall–Kier alpha value is -1.38. The van der Waals surface area contributed by atoms with Gasteiger partial charge in [-0.15, -0.1) is 0 Å². The minimum Gasteiger partial charge on any atom is -0.494 e. The standard InChI is InChI=1S/C18H24N4OS3/c1-19-16(24)21-12-14(13-22-17(25)20(2)26(19)18(21)22)8-6-7-11-23-15-9-4-3-5-10-15/h3-5,9-10,14H,6-8,11-13H2,1-2H3. The van der Waals surface area contributed by atoms with Gasteiger partial charge in [-0.2, -0.15) is 0 Å². The number of benzene rings is 1. The molecule has 3 heterocycles. The second-order valence-corrected chi connectivity index (χ2v) is 9.57. The van der Waals surface area contributed by atoms with Gasteiger partial charge < -0.3 is 4.74 Å². The summed E-state index contributed by atoms with van der Waals surface area (Å²) in [5.41, 5.74) is 0. The minimum atomic E-state index is -0.139. The maximum atomic E-state index is 5.80. The van der Waals surface area contributed by atoms with Crippen LogP contribution >= 0.6 is 35.3 Å². The fourth-order valence-electron chi connectivity index (χ4n) is 3.73. The summed E-state index contributed by atoms with van der Waals surface area (Å²) in [6, 6.07) is 10.0. The molecule has 1 saturated heterocycles. The molecule has 0 aromatic heterocycles. The van der Waals surface area contributed by atoms with Gasteiger partial charge in [-0.05, 0) is 61.7 Å². The highest BCUT2D eigenvalue weighted by Crippen LogP contribution is 2.43. The number of para-hydroxylation sites is 1. The van der Waals surface area contributed by atoms with Crippen LogP contribution in [0.2, 0.25) is 0 Å². The van der Waals surface area contributed by atoms with Crippen LogP contribution in [0.25, 0.3) is 0 Å². The number of thiocarbonyl (C=S) groups is 2. The van der Waals surface area contributed by atoms with Crippen molar-refractivity contribution in [1.82, 2.24) is 18.4 Å². The lowest BCUT2D eigenvalue weighted by atomic mass is 9.99. The van der Waals surface area contributed by atoms with E-state index in [1.165, 1.54) is 11.5 Å². The number of hydrogen-bond acceptors (Lipinski definition) is 3. The van der Waals surface area contributed by atoms with Crippen LogP contribution in [-0.4, -0.2) is 67.5 Å². The molecule has 1 fully saturated rings. The number of rotatable bonds is 6. The van der Waals surface area contributed by atoms with Crippen molar-refractivity contribution in [2.45, 2.75) is 19.3 Å². The Morgan fingerprint density at radius 2 is 1.62 bits per heavy atom. The van der Waals surface area contributed by atoms with Crippen molar-refractivity contribution in [2.75, 3.05) is 33.8 Å². The smallest absolute Gasteiger partial charge is 0.188 e. The van der Waals surface area contributed by atoms with Gasteiger partial charge in [0.05, 0.1) is 17.5 Å². The summed E-state index contributed by atoms with van der Waals surface area (Å²) in [6.45, 7) is 2.79. The molecule has 0 aliphatic carbocycles. The fraction of sp³-hybridized carbons (Fsp3) is 0.500. The Labute approximate surface area is 168 Å². The molecular weight excluding hydrogens is 384 g/mol. The normalized spacial score (nSPS) is 20.5. The van der Waals surface area contributed by atoms with E-state index < -0.39 is 0 Å². The van der Waals surface area contributed by atoms with Crippen molar-refractivity contribution < 1.29 is 4.74 Å². The van der Waals surface area contributed by atoms with E-state index in [1.54, 1.807) is 0 Å². The van der Waals surface area contributed by atoms with E-state index >= 15 is 0 Å². The van der Waals surface area contributed by atoms with Gasteiger partial charge in [-0.3, -0.25) is 18.4 Å². The summed E-state index contributed by atoms with van der Waals surface area (Å²) < 4.78 is 10.2. The average Bonchev–Trinajstić information content (AvgIpc) is 3.06. The van der Waals surface area contributed by atoms with Crippen LogP contribution in [0.3, 0.4) is 0 Å². The van der Waals surface area contributed by atoms with Crippen LogP contribution < -0.4 is 4.74 Å². The third-order valence-corrected chi connectivity index (χ3v) is 8.42. The van der Waals surface area contributed by atoms with E-state index in [-0.39, 0.29) is 10.9 Å². The lowest BCUT2D eigenvalue weighted by Gasteiger charge is -2.39. The SMILES string of the molecule is CN1C(=S)N2CC(CCCCOc3ccccc3)CN3C(=S)N(C)S1=C23. The Morgan fingerprint density at radius 1 is 1.00 bits per heavy atom. The molecule has 140 valence electrons. The van der Waals surface area contributed by atoms with Crippen LogP contribution in [-0.2, 0) is 0 Å². The van der Waals surface area contributed by atoms with Crippen LogP contribution in [0.4, 0.5) is 0 Å². The van der Waals surface area contributed by atoms with Gasteiger partial charge in [0.1, 0.15) is 5.75 Å². The molecule has 1 aromatic carbocycles. The molecule has 0 N–H and O–H groups in total. The predicted octanol–water partition coefficient (Wildman–Crippen LogP) is 3.12. The molecule has 1 aromatic rings. The molecule has 8 heteroatoms. The van der Waals surface area contributed by atoms with Gasteiger partial charge in [-0.1, -0.05) is 18.2 Å². The molecule has 0 atom stereocenters. The van der Waals surface area contributed by atoms with Gasteiger partial charge in [-0.25, -0.2) is 0 Å². The summed E-state index contributed by atoms with van der Waals surface area (Å²) in [4.78, 5) is 4.62. The van der Waals surface area contributed by atoms with Gasteiger partial charge >= 0.3 is 0 Å². The third-order valence-electron chi connectivity index (χ3n) is 5.04. The molecule has 0 radical (unpaired) electrons. The molecule has 0 unspecified atom stereocenters. The molecule has 5 nitrogen and oxygen atoms in total. The van der Waals surface area contributed by atoms with Crippen LogP contribution in [0, 0.1) is 5.92 Å². The second kappa shape index (κ2) is 7.32. The van der Waals surface area contributed by atoms with E-state index in [1.807, 2.05) is 30.3 Å². The lowest BCUT2D eigenvalue weighted by molar-refractivity contribution is 0.266. The molecular formula is C18H24N4OS3. The summed E-state index contributed by atoms with van der Waals surface area (Å²) in [6.07, 6.45) is 3.40. The summed E-state index contributed by atoms with van der Waals surface area (Å²) in [5.74, 6) is 1.53. The number of hydrogen-bond donors (Lipinski definition) is 0. The van der Waals surface area contributed by atoms with Gasteiger partial charge in [0, 0.05) is 27.2 Å². The molecule has 3 aliphatic rings. The fourth-order valence-corrected chi connectivity index (χ4v) is 6.66. The Bertz CT molecular complexity index is 718. The van der Waals surface area contributed by atoms with Crippen molar-refractivity contribution in [3.8, 4) is 5.75 Å². The Balaban J connectivity index is 1.31. The number of ether oxygens (including phenoxy) is 1. The average molecular weight is 409 g/mol. The van der Waals surface area contributed by atoms with Crippen molar-refractivity contribution in [1.29, 1.82) is 0 Å². The molecule has 0 spiro atoms. The highest BCUT2D eigenvalue weighted by atomic mass is 32.2. The van der Waals surface area contributed by atoms with Crippen molar-refractivity contribution in [3.63, 3.8) is 0 Å². The molecule has 0 amide bonds. The van der Waals surface area contributed by atoms with Gasteiger partial charge in [0.2, 0.25) is 0 Å². The minimum absolute atomic E-state index is 0.139. The topological polar surface area (TPSA) is 22.2 Å².